The minimum absolute atomic E-state index is 0.170. The molecule has 1 atom stereocenters. The average Bonchev–Trinajstić information content (AvgIpc) is 3.48. The molecular weight excluding hydrogens is 467 g/mol. The molecule has 0 saturated heterocycles. The Morgan fingerprint density at radius 3 is 2.42 bits per heavy atom. The first kappa shape index (κ1) is 23.6. The quantitative estimate of drug-likeness (QED) is 0.270. The van der Waals surface area contributed by atoms with Gasteiger partial charge in [-0.1, -0.05) is 12.1 Å². The Hall–Kier alpha value is -4.14. The predicted octanol–water partition coefficient (Wildman–Crippen LogP) is 6.55. The van der Waals surface area contributed by atoms with E-state index in [1.807, 2.05) is 42.8 Å². The lowest BCUT2D eigenvalue weighted by molar-refractivity contribution is 0.150. The maximum absolute atomic E-state index is 14.1. The van der Waals surface area contributed by atoms with Crippen LogP contribution in [0.3, 0.4) is 0 Å². The van der Waals surface area contributed by atoms with Gasteiger partial charge in [-0.25, -0.2) is 18.2 Å². The second-order valence-electron chi connectivity index (χ2n) is 8.81. The molecule has 9 heteroatoms. The summed E-state index contributed by atoms with van der Waals surface area (Å²) in [5, 5.41) is 8.70. The summed E-state index contributed by atoms with van der Waals surface area (Å²) >= 11 is 0. The first-order valence-corrected chi connectivity index (χ1v) is 11.4. The molecule has 0 amide bonds. The molecule has 0 radical (unpaired) electrons. The van der Waals surface area contributed by atoms with E-state index in [0.29, 0.717) is 34.0 Å². The van der Waals surface area contributed by atoms with E-state index in [0.717, 1.165) is 16.9 Å². The van der Waals surface area contributed by atoms with Crippen molar-refractivity contribution in [2.45, 2.75) is 33.2 Å². The summed E-state index contributed by atoms with van der Waals surface area (Å²) in [5.74, 6) is 0.618. The molecule has 0 spiro atoms. The molecule has 6 nitrogen and oxygen atoms in total. The van der Waals surface area contributed by atoms with Crippen LogP contribution in [0.25, 0.3) is 28.3 Å². The van der Waals surface area contributed by atoms with Gasteiger partial charge >= 0.3 is 0 Å². The zero-order valence-electron chi connectivity index (χ0n) is 20.2. The first-order valence-electron chi connectivity index (χ1n) is 11.4. The minimum Gasteiger partial charge on any atom is -0.495 e. The third-order valence-corrected chi connectivity index (χ3v) is 6.24. The minimum atomic E-state index is -2.70. The largest absolute Gasteiger partial charge is 0.495 e. The highest BCUT2D eigenvalue weighted by atomic mass is 19.3. The maximum Gasteiger partial charge on any atom is 0.265 e. The van der Waals surface area contributed by atoms with Crippen LogP contribution >= 0.6 is 0 Å². The number of hydrogen-bond acceptors (Lipinski definition) is 4. The molecule has 2 aliphatic heterocycles. The van der Waals surface area contributed by atoms with Crippen LogP contribution in [0, 0.1) is 19.7 Å². The number of methoxy groups -OCH3 is 1. The van der Waals surface area contributed by atoms with Crippen molar-refractivity contribution >= 4 is 0 Å². The van der Waals surface area contributed by atoms with Gasteiger partial charge in [0.15, 0.2) is 5.82 Å². The molecule has 0 aliphatic carbocycles. The van der Waals surface area contributed by atoms with Crippen LogP contribution in [0.2, 0.25) is 0 Å². The van der Waals surface area contributed by atoms with Crippen LogP contribution < -0.4 is 4.74 Å². The zero-order chi connectivity index (χ0) is 25.6. The third-order valence-electron chi connectivity index (χ3n) is 6.24. The Kier molecular flexibility index (Phi) is 5.99. The topological polar surface area (TPSA) is 57.8 Å². The number of halogens is 3. The van der Waals surface area contributed by atoms with Gasteiger partial charge in [-0.15, -0.1) is 10.2 Å². The van der Waals surface area contributed by atoms with E-state index >= 15 is 0 Å². The van der Waals surface area contributed by atoms with Crippen LogP contribution in [0.5, 0.6) is 5.75 Å². The van der Waals surface area contributed by atoms with E-state index in [9.17, 15) is 13.2 Å². The van der Waals surface area contributed by atoms with Crippen LogP contribution in [-0.2, 0) is 0 Å². The van der Waals surface area contributed by atoms with Gasteiger partial charge in [-0.3, -0.25) is 0 Å². The molecule has 184 valence electrons. The van der Waals surface area contributed by atoms with Gasteiger partial charge in [-0.05, 0) is 62.2 Å². The van der Waals surface area contributed by atoms with Gasteiger partial charge in [0.1, 0.15) is 17.3 Å². The maximum atomic E-state index is 14.1. The molecule has 0 saturated carbocycles. The lowest BCUT2D eigenvalue weighted by atomic mass is 10.0. The smallest absolute Gasteiger partial charge is 0.265 e. The number of imidazole rings is 1. The highest BCUT2D eigenvalue weighted by Gasteiger charge is 2.25. The van der Waals surface area contributed by atoms with E-state index in [4.69, 9.17) is 4.74 Å². The normalized spacial score (nSPS) is 12.4. The van der Waals surface area contributed by atoms with Crippen molar-refractivity contribution in [3.8, 4) is 34.1 Å². The van der Waals surface area contributed by atoms with Crippen LogP contribution in [0.4, 0.5) is 13.2 Å². The second kappa shape index (κ2) is 9.14. The van der Waals surface area contributed by atoms with Crippen molar-refractivity contribution < 1.29 is 17.9 Å². The molecule has 0 N–H and O–H groups in total. The Morgan fingerprint density at radius 2 is 1.75 bits per heavy atom. The summed E-state index contributed by atoms with van der Waals surface area (Å²) in [6.45, 7) is 5.50. The molecule has 2 aromatic carbocycles. The van der Waals surface area contributed by atoms with E-state index < -0.39 is 12.5 Å². The molecular formula is C27H24F3N5O. The number of fused-ring (bicyclic) bond motifs is 1. The number of alkyl halides is 2. The number of nitrogens with zero attached hydrogens (tertiary/aromatic N) is 5. The van der Waals surface area contributed by atoms with Gasteiger partial charge in [0.2, 0.25) is 0 Å². The van der Waals surface area contributed by atoms with Gasteiger partial charge in [0, 0.05) is 29.1 Å². The van der Waals surface area contributed by atoms with Gasteiger partial charge in [-0.2, -0.15) is 0 Å². The van der Waals surface area contributed by atoms with Crippen molar-refractivity contribution in [2.75, 3.05) is 7.11 Å². The fourth-order valence-corrected chi connectivity index (χ4v) is 4.45. The standard InChI is InChI=1S/C27H24F3N5O/c1-15-7-19(9-21(28)8-15)17(3)35-13-20(26(29)30)10-22-25(32-33-27(22)35)18-5-6-23(24(11-18)36-4)34-12-16(2)31-14-34/h5-14,17,26H,1-4H3. The molecule has 1 aromatic heterocycles. The molecule has 5 rings (SSSR count). The summed E-state index contributed by atoms with van der Waals surface area (Å²) < 4.78 is 51.0. The van der Waals surface area contributed by atoms with Crippen molar-refractivity contribution in [1.82, 2.24) is 24.3 Å². The van der Waals surface area contributed by atoms with Crippen molar-refractivity contribution in [1.29, 1.82) is 0 Å². The number of ether oxygens (including phenoxy) is 1. The van der Waals surface area contributed by atoms with Crippen LogP contribution in [-0.4, -0.2) is 31.4 Å². The van der Waals surface area contributed by atoms with Crippen molar-refractivity contribution in [3.05, 3.63) is 89.4 Å². The molecule has 2 aliphatic rings. The number of aromatic nitrogens is 5. The Labute approximate surface area is 206 Å². The van der Waals surface area contributed by atoms with E-state index in [1.54, 1.807) is 31.0 Å². The first-order chi connectivity index (χ1) is 17.2. The monoisotopic (exact) mass is 491 g/mol. The summed E-state index contributed by atoms with van der Waals surface area (Å²) in [4.78, 5) is 4.26. The van der Waals surface area contributed by atoms with Crippen molar-refractivity contribution in [3.63, 3.8) is 0 Å². The summed E-state index contributed by atoms with van der Waals surface area (Å²) in [7, 11) is 1.56. The second-order valence-corrected chi connectivity index (χ2v) is 8.81. The highest BCUT2D eigenvalue weighted by molar-refractivity contribution is 5.80. The average molecular weight is 492 g/mol. The lowest BCUT2D eigenvalue weighted by Gasteiger charge is -2.21. The Balaban J connectivity index is 1.62. The van der Waals surface area contributed by atoms with Crippen molar-refractivity contribution in [2.24, 2.45) is 0 Å². The molecule has 36 heavy (non-hydrogen) atoms. The number of benzene rings is 2. The molecule has 3 aromatic rings. The Morgan fingerprint density at radius 1 is 0.944 bits per heavy atom. The fraction of sp³-hybridized carbons (Fsp3) is 0.222. The number of aryl methyl sites for hydroxylation is 2. The molecule has 0 fully saturated rings. The van der Waals surface area contributed by atoms with Crippen LogP contribution in [0.15, 0.2) is 61.2 Å². The van der Waals surface area contributed by atoms with Crippen LogP contribution in [0.1, 0.15) is 41.8 Å². The van der Waals surface area contributed by atoms with E-state index in [-0.39, 0.29) is 11.4 Å². The predicted molar refractivity (Wildman–Crippen MR) is 130 cm³/mol. The number of pyridine rings is 1. The van der Waals surface area contributed by atoms with Gasteiger partial charge in [0.25, 0.3) is 6.43 Å². The third kappa shape index (κ3) is 4.21. The van der Waals surface area contributed by atoms with Gasteiger partial charge in [0.05, 0.1) is 30.9 Å². The number of rotatable bonds is 6. The summed E-state index contributed by atoms with van der Waals surface area (Å²) in [5.41, 5.74) is 4.46. The van der Waals surface area contributed by atoms with E-state index in [2.05, 4.69) is 15.2 Å². The zero-order valence-corrected chi connectivity index (χ0v) is 20.2. The molecule has 0 bridgehead atoms. The lowest BCUT2D eigenvalue weighted by Crippen LogP contribution is -2.12. The number of hydrogen-bond donors (Lipinski definition) is 0. The fourth-order valence-electron chi connectivity index (χ4n) is 4.45. The van der Waals surface area contributed by atoms with Gasteiger partial charge < -0.3 is 13.9 Å². The Bertz CT molecular complexity index is 1500. The molecule has 3 heterocycles. The molecule has 1 unspecified atom stereocenters. The summed E-state index contributed by atoms with van der Waals surface area (Å²) in [6.07, 6.45) is 2.23. The van der Waals surface area contributed by atoms with E-state index in [1.165, 1.54) is 24.4 Å². The highest BCUT2D eigenvalue weighted by Crippen LogP contribution is 2.39. The SMILES string of the molecule is COc1cc(-c2nnc3n(C(C)c4cc(C)cc(F)c4)cc(C(F)F)cc2-3)ccc1-n1cnc(C)c1. The summed E-state index contributed by atoms with van der Waals surface area (Å²) in [6, 6.07) is 11.1.